The second-order valence-electron chi connectivity index (χ2n) is 6.06. The lowest BCUT2D eigenvalue weighted by atomic mass is 9.92. The maximum absolute atomic E-state index is 5.82. The van der Waals surface area contributed by atoms with Crippen molar-refractivity contribution in [1.29, 1.82) is 0 Å². The summed E-state index contributed by atoms with van der Waals surface area (Å²) in [6.45, 7) is 8.76. The summed E-state index contributed by atoms with van der Waals surface area (Å²) in [5, 5.41) is 3.65. The summed E-state index contributed by atoms with van der Waals surface area (Å²) in [5.41, 5.74) is 0. The van der Waals surface area contributed by atoms with Gasteiger partial charge in [0, 0.05) is 25.6 Å². The number of hydrogen-bond acceptors (Lipinski definition) is 3. The molecule has 0 saturated carbocycles. The Morgan fingerprint density at radius 2 is 2.21 bits per heavy atom. The average molecular weight is 265 g/mol. The van der Waals surface area contributed by atoms with Gasteiger partial charge in [-0.1, -0.05) is 13.8 Å². The van der Waals surface area contributed by atoms with Gasteiger partial charge in [0.2, 0.25) is 0 Å². The van der Waals surface area contributed by atoms with Crippen molar-refractivity contribution in [2.75, 3.05) is 13.2 Å². The van der Waals surface area contributed by atoms with Gasteiger partial charge in [-0.2, -0.15) is 0 Å². The van der Waals surface area contributed by atoms with Gasteiger partial charge in [0.15, 0.2) is 0 Å². The molecule has 1 aliphatic heterocycles. The Kier molecular flexibility index (Phi) is 5.46. The van der Waals surface area contributed by atoms with Crippen LogP contribution in [-0.4, -0.2) is 25.3 Å². The van der Waals surface area contributed by atoms with E-state index in [2.05, 4.69) is 26.1 Å². The number of ether oxygens (including phenoxy) is 1. The topological polar surface area (TPSA) is 34.4 Å². The third-order valence-corrected chi connectivity index (χ3v) is 4.05. The quantitative estimate of drug-likeness (QED) is 0.822. The van der Waals surface area contributed by atoms with Crippen molar-refractivity contribution in [3.05, 3.63) is 24.2 Å². The van der Waals surface area contributed by atoms with E-state index >= 15 is 0 Å². The van der Waals surface area contributed by atoms with Gasteiger partial charge >= 0.3 is 0 Å². The van der Waals surface area contributed by atoms with Gasteiger partial charge in [0.25, 0.3) is 0 Å². The first kappa shape index (κ1) is 14.6. The summed E-state index contributed by atoms with van der Waals surface area (Å²) >= 11 is 0. The second kappa shape index (κ2) is 7.11. The van der Waals surface area contributed by atoms with Crippen molar-refractivity contribution in [1.82, 2.24) is 5.32 Å². The van der Waals surface area contributed by atoms with Crippen molar-refractivity contribution < 1.29 is 9.15 Å². The molecule has 0 spiro atoms. The van der Waals surface area contributed by atoms with E-state index in [9.17, 15) is 0 Å². The van der Waals surface area contributed by atoms with Gasteiger partial charge in [-0.15, -0.1) is 0 Å². The van der Waals surface area contributed by atoms with E-state index < -0.39 is 0 Å². The molecule has 1 saturated heterocycles. The zero-order valence-electron chi connectivity index (χ0n) is 12.4. The van der Waals surface area contributed by atoms with Gasteiger partial charge in [0.05, 0.1) is 12.4 Å². The molecule has 1 N–H and O–H groups in total. The van der Waals surface area contributed by atoms with E-state index in [0.29, 0.717) is 24.0 Å². The minimum absolute atomic E-state index is 0.435. The maximum atomic E-state index is 5.82. The molecule has 3 nitrogen and oxygen atoms in total. The fourth-order valence-electron chi connectivity index (χ4n) is 2.88. The standard InChI is InChI=1S/C16H27NO2/c1-12(2)16-14(8-10-19-16)11-17-13(3)6-7-15-5-4-9-18-15/h4-5,9,12-14,16-17H,6-8,10-11H2,1-3H3/t13-,14-,16-/m1/s1. The number of hydrogen-bond donors (Lipinski definition) is 1. The Labute approximate surface area is 116 Å². The highest BCUT2D eigenvalue weighted by Gasteiger charge is 2.30. The number of aryl methyl sites for hydroxylation is 1. The third kappa shape index (κ3) is 4.36. The molecule has 1 fully saturated rings. The molecule has 19 heavy (non-hydrogen) atoms. The predicted molar refractivity (Wildman–Crippen MR) is 77.2 cm³/mol. The highest BCUT2D eigenvalue weighted by molar-refractivity contribution is 4.98. The minimum Gasteiger partial charge on any atom is -0.469 e. The van der Waals surface area contributed by atoms with Crippen molar-refractivity contribution >= 4 is 0 Å². The smallest absolute Gasteiger partial charge is 0.103 e. The molecule has 3 heteroatoms. The summed E-state index contributed by atoms with van der Waals surface area (Å²) in [5.74, 6) is 2.37. The number of rotatable bonds is 7. The van der Waals surface area contributed by atoms with E-state index in [0.717, 1.165) is 31.8 Å². The second-order valence-corrected chi connectivity index (χ2v) is 6.06. The fraction of sp³-hybridized carbons (Fsp3) is 0.750. The van der Waals surface area contributed by atoms with Crippen LogP contribution in [0.5, 0.6) is 0 Å². The maximum Gasteiger partial charge on any atom is 0.103 e. The molecule has 1 aromatic rings. The molecule has 0 amide bonds. The van der Waals surface area contributed by atoms with Crippen LogP contribution in [0.3, 0.4) is 0 Å². The van der Waals surface area contributed by atoms with Gasteiger partial charge in [-0.25, -0.2) is 0 Å². The van der Waals surface area contributed by atoms with Crippen LogP contribution in [0.15, 0.2) is 22.8 Å². The average Bonchev–Trinajstić information content (AvgIpc) is 3.04. The first-order valence-corrected chi connectivity index (χ1v) is 7.54. The molecule has 108 valence electrons. The van der Waals surface area contributed by atoms with Crippen molar-refractivity contribution in [2.45, 2.75) is 52.2 Å². The van der Waals surface area contributed by atoms with Crippen LogP contribution in [0.25, 0.3) is 0 Å². The van der Waals surface area contributed by atoms with Crippen molar-refractivity contribution in [3.8, 4) is 0 Å². The molecule has 0 aromatic carbocycles. The van der Waals surface area contributed by atoms with Gasteiger partial charge in [0.1, 0.15) is 5.76 Å². The highest BCUT2D eigenvalue weighted by Crippen LogP contribution is 2.26. The normalized spacial score (nSPS) is 25.1. The number of furan rings is 1. The Balaban J connectivity index is 1.67. The van der Waals surface area contributed by atoms with Gasteiger partial charge < -0.3 is 14.5 Å². The molecule has 0 unspecified atom stereocenters. The van der Waals surface area contributed by atoms with Crippen LogP contribution in [0, 0.1) is 11.8 Å². The van der Waals surface area contributed by atoms with Crippen LogP contribution in [0.1, 0.15) is 39.4 Å². The molecular weight excluding hydrogens is 238 g/mol. The largest absolute Gasteiger partial charge is 0.469 e. The molecular formula is C16H27NO2. The van der Waals surface area contributed by atoms with Crippen LogP contribution < -0.4 is 5.32 Å². The summed E-state index contributed by atoms with van der Waals surface area (Å²) in [6.07, 6.45) is 5.51. The van der Waals surface area contributed by atoms with Crippen LogP contribution in [-0.2, 0) is 11.2 Å². The summed E-state index contributed by atoms with van der Waals surface area (Å²) < 4.78 is 11.2. The SMILES string of the molecule is CC(C)[C@H]1OCC[C@@H]1CN[C@H](C)CCc1ccco1. The highest BCUT2D eigenvalue weighted by atomic mass is 16.5. The molecule has 1 aromatic heterocycles. The lowest BCUT2D eigenvalue weighted by Gasteiger charge is -2.24. The lowest BCUT2D eigenvalue weighted by Crippen LogP contribution is -2.36. The van der Waals surface area contributed by atoms with Crippen LogP contribution >= 0.6 is 0 Å². The zero-order valence-corrected chi connectivity index (χ0v) is 12.4. The number of nitrogens with one attached hydrogen (secondary N) is 1. The molecule has 2 heterocycles. The van der Waals surface area contributed by atoms with E-state index in [1.807, 2.05) is 12.1 Å². The van der Waals surface area contributed by atoms with E-state index in [4.69, 9.17) is 9.15 Å². The van der Waals surface area contributed by atoms with Crippen LogP contribution in [0.2, 0.25) is 0 Å². The molecule has 0 radical (unpaired) electrons. The predicted octanol–water partition coefficient (Wildman–Crippen LogP) is 3.25. The third-order valence-electron chi connectivity index (χ3n) is 4.05. The Morgan fingerprint density at radius 3 is 2.89 bits per heavy atom. The Morgan fingerprint density at radius 1 is 1.37 bits per heavy atom. The fourth-order valence-corrected chi connectivity index (χ4v) is 2.88. The Hall–Kier alpha value is -0.800. The minimum atomic E-state index is 0.435. The van der Waals surface area contributed by atoms with Crippen molar-refractivity contribution in [3.63, 3.8) is 0 Å². The monoisotopic (exact) mass is 265 g/mol. The van der Waals surface area contributed by atoms with E-state index in [1.54, 1.807) is 6.26 Å². The molecule has 0 aliphatic carbocycles. The Bertz CT molecular complexity index is 348. The molecule has 2 rings (SSSR count). The van der Waals surface area contributed by atoms with Crippen LogP contribution in [0.4, 0.5) is 0 Å². The van der Waals surface area contributed by atoms with Gasteiger partial charge in [-0.3, -0.25) is 0 Å². The summed E-state index contributed by atoms with van der Waals surface area (Å²) in [4.78, 5) is 0. The lowest BCUT2D eigenvalue weighted by molar-refractivity contribution is 0.0534. The van der Waals surface area contributed by atoms with E-state index in [-0.39, 0.29) is 0 Å². The summed E-state index contributed by atoms with van der Waals surface area (Å²) in [6, 6.07) is 4.53. The first-order chi connectivity index (χ1) is 9.16. The molecule has 1 aliphatic rings. The van der Waals surface area contributed by atoms with E-state index in [1.165, 1.54) is 6.42 Å². The zero-order chi connectivity index (χ0) is 13.7. The molecule has 0 bridgehead atoms. The molecule has 3 atom stereocenters. The first-order valence-electron chi connectivity index (χ1n) is 7.54. The summed E-state index contributed by atoms with van der Waals surface area (Å²) in [7, 11) is 0. The van der Waals surface area contributed by atoms with Gasteiger partial charge in [-0.05, 0) is 43.7 Å². The van der Waals surface area contributed by atoms with Crippen molar-refractivity contribution in [2.24, 2.45) is 11.8 Å².